The van der Waals surface area contributed by atoms with Gasteiger partial charge in [0.15, 0.2) is 0 Å². The Morgan fingerprint density at radius 2 is 1.74 bits per heavy atom. The molecule has 0 saturated carbocycles. The molecule has 0 fully saturated rings. The molecular formula is C24H22F2N6O2S. The lowest BCUT2D eigenvalue weighted by molar-refractivity contribution is 0.551. The Bertz CT molecular complexity index is 1490. The van der Waals surface area contributed by atoms with Crippen LogP contribution in [0.3, 0.4) is 0 Å². The SMILES string of the molecule is CCc1ncnc(-c2ccc(CN)nc2)c1-c1cnc(C)c(NS(=O)(=O)c2ccc(F)cc2F)c1. The van der Waals surface area contributed by atoms with Gasteiger partial charge in [0.2, 0.25) is 0 Å². The van der Waals surface area contributed by atoms with Crippen molar-refractivity contribution in [2.45, 2.75) is 31.7 Å². The highest BCUT2D eigenvalue weighted by Crippen LogP contribution is 2.34. The predicted molar refractivity (Wildman–Crippen MR) is 128 cm³/mol. The number of benzene rings is 1. The lowest BCUT2D eigenvalue weighted by Gasteiger charge is -2.16. The summed E-state index contributed by atoms with van der Waals surface area (Å²) in [7, 11) is -4.35. The minimum Gasteiger partial charge on any atom is -0.325 e. The highest BCUT2D eigenvalue weighted by Gasteiger charge is 2.22. The molecule has 11 heteroatoms. The van der Waals surface area contributed by atoms with Crippen molar-refractivity contribution in [2.75, 3.05) is 4.72 Å². The predicted octanol–water partition coefficient (Wildman–Crippen LogP) is 4.01. The van der Waals surface area contributed by atoms with Crippen molar-refractivity contribution < 1.29 is 17.2 Å². The number of nitrogens with zero attached hydrogens (tertiary/aromatic N) is 4. The van der Waals surface area contributed by atoms with Crippen LogP contribution in [0.5, 0.6) is 0 Å². The van der Waals surface area contributed by atoms with Crippen molar-refractivity contribution in [3.05, 3.63) is 83.8 Å². The molecule has 8 nitrogen and oxygen atoms in total. The zero-order valence-electron chi connectivity index (χ0n) is 19.0. The number of halogens is 2. The van der Waals surface area contributed by atoms with Gasteiger partial charge in [-0.2, -0.15) is 0 Å². The summed E-state index contributed by atoms with van der Waals surface area (Å²) in [5, 5.41) is 0. The molecule has 0 spiro atoms. The summed E-state index contributed by atoms with van der Waals surface area (Å²) in [6.07, 6.45) is 5.29. The minimum atomic E-state index is -4.35. The Morgan fingerprint density at radius 1 is 0.971 bits per heavy atom. The topological polar surface area (TPSA) is 124 Å². The number of sulfonamides is 1. The lowest BCUT2D eigenvalue weighted by Crippen LogP contribution is -2.16. The Labute approximate surface area is 201 Å². The third kappa shape index (κ3) is 5.00. The first-order valence-corrected chi connectivity index (χ1v) is 12.2. The molecule has 0 aliphatic heterocycles. The quantitative estimate of drug-likeness (QED) is 0.396. The Kier molecular flexibility index (Phi) is 6.81. The van der Waals surface area contributed by atoms with E-state index in [4.69, 9.17) is 5.73 Å². The number of nitrogens with two attached hydrogens (primary N) is 1. The van der Waals surface area contributed by atoms with E-state index in [0.29, 0.717) is 41.5 Å². The lowest BCUT2D eigenvalue weighted by atomic mass is 9.98. The summed E-state index contributed by atoms with van der Waals surface area (Å²) in [4.78, 5) is 16.8. The van der Waals surface area contributed by atoms with Gasteiger partial charge >= 0.3 is 0 Å². The monoisotopic (exact) mass is 496 g/mol. The van der Waals surface area contributed by atoms with E-state index in [1.165, 1.54) is 6.33 Å². The zero-order valence-corrected chi connectivity index (χ0v) is 19.8. The molecule has 0 saturated heterocycles. The van der Waals surface area contributed by atoms with Gasteiger partial charge in [0, 0.05) is 41.7 Å². The highest BCUT2D eigenvalue weighted by molar-refractivity contribution is 7.92. The van der Waals surface area contributed by atoms with E-state index in [1.54, 1.807) is 31.5 Å². The van der Waals surface area contributed by atoms with Gasteiger partial charge in [-0.05, 0) is 43.7 Å². The van der Waals surface area contributed by atoms with Gasteiger partial charge in [-0.1, -0.05) is 6.92 Å². The van der Waals surface area contributed by atoms with E-state index >= 15 is 0 Å². The third-order valence-electron chi connectivity index (χ3n) is 5.37. The summed E-state index contributed by atoms with van der Waals surface area (Å²) in [6, 6.07) is 7.51. The maximum atomic E-state index is 14.2. The number of anilines is 1. The van der Waals surface area contributed by atoms with Gasteiger partial charge in [0.25, 0.3) is 10.0 Å². The fourth-order valence-corrected chi connectivity index (χ4v) is 4.73. The second-order valence-electron chi connectivity index (χ2n) is 7.68. The Balaban J connectivity index is 1.81. The first-order valence-electron chi connectivity index (χ1n) is 10.7. The molecule has 1 aromatic carbocycles. The van der Waals surface area contributed by atoms with Crippen LogP contribution < -0.4 is 10.5 Å². The number of aryl methyl sites for hydroxylation is 2. The summed E-state index contributed by atoms with van der Waals surface area (Å²) >= 11 is 0. The maximum absolute atomic E-state index is 14.2. The summed E-state index contributed by atoms with van der Waals surface area (Å²) in [5.74, 6) is -2.07. The van der Waals surface area contributed by atoms with Crippen molar-refractivity contribution in [1.82, 2.24) is 19.9 Å². The molecule has 0 amide bonds. The fourth-order valence-electron chi connectivity index (χ4n) is 3.56. The standard InChI is InChI=1S/C24H22F2N6O2S/c1-3-20-23(24(31-13-30-20)15-4-6-18(10-27)29-11-15)16-8-21(14(2)28-12-16)32-35(33,34)22-7-5-17(25)9-19(22)26/h4-9,11-13,32H,3,10,27H2,1-2H3. The molecule has 0 aliphatic carbocycles. The molecule has 3 N–H and O–H groups in total. The number of aromatic nitrogens is 4. The Morgan fingerprint density at radius 3 is 2.40 bits per heavy atom. The maximum Gasteiger partial charge on any atom is 0.264 e. The van der Waals surface area contributed by atoms with Crippen molar-refractivity contribution in [1.29, 1.82) is 0 Å². The zero-order chi connectivity index (χ0) is 25.2. The van der Waals surface area contributed by atoms with Crippen molar-refractivity contribution in [3.8, 4) is 22.4 Å². The van der Waals surface area contributed by atoms with E-state index in [-0.39, 0.29) is 5.69 Å². The van der Waals surface area contributed by atoms with Gasteiger partial charge in [-0.15, -0.1) is 0 Å². The third-order valence-corrected chi connectivity index (χ3v) is 6.77. The van der Waals surface area contributed by atoms with E-state index in [0.717, 1.165) is 29.1 Å². The normalized spacial score (nSPS) is 11.5. The van der Waals surface area contributed by atoms with Crippen LogP contribution in [0.4, 0.5) is 14.5 Å². The number of hydrogen-bond acceptors (Lipinski definition) is 7. The van der Waals surface area contributed by atoms with Crippen LogP contribution in [0.15, 0.2) is 60.0 Å². The Hall–Kier alpha value is -3.83. The van der Waals surface area contributed by atoms with Crippen LogP contribution >= 0.6 is 0 Å². The average Bonchev–Trinajstić information content (AvgIpc) is 2.84. The number of pyridine rings is 2. The molecule has 0 unspecified atom stereocenters. The van der Waals surface area contributed by atoms with Crippen LogP contribution in [0.25, 0.3) is 22.4 Å². The van der Waals surface area contributed by atoms with Crippen LogP contribution in [0, 0.1) is 18.6 Å². The van der Waals surface area contributed by atoms with Gasteiger partial charge in [-0.3, -0.25) is 14.7 Å². The second-order valence-corrected chi connectivity index (χ2v) is 9.33. The molecule has 0 aliphatic rings. The van der Waals surface area contributed by atoms with Crippen molar-refractivity contribution in [2.24, 2.45) is 5.73 Å². The minimum absolute atomic E-state index is 0.139. The fraction of sp³-hybridized carbons (Fsp3) is 0.167. The molecule has 0 radical (unpaired) electrons. The van der Waals surface area contributed by atoms with E-state index in [2.05, 4.69) is 24.7 Å². The highest BCUT2D eigenvalue weighted by atomic mass is 32.2. The molecule has 0 bridgehead atoms. The van der Waals surface area contributed by atoms with E-state index in [1.807, 2.05) is 13.0 Å². The second kappa shape index (κ2) is 9.80. The summed E-state index contributed by atoms with van der Waals surface area (Å²) < 4.78 is 55.5. The van der Waals surface area contributed by atoms with Gasteiger partial charge < -0.3 is 5.73 Å². The van der Waals surface area contributed by atoms with E-state index in [9.17, 15) is 17.2 Å². The molecule has 180 valence electrons. The largest absolute Gasteiger partial charge is 0.325 e. The number of nitrogens with one attached hydrogen (secondary N) is 1. The molecule has 4 rings (SSSR count). The van der Waals surface area contributed by atoms with Gasteiger partial charge in [0.05, 0.1) is 28.5 Å². The van der Waals surface area contributed by atoms with Crippen molar-refractivity contribution in [3.63, 3.8) is 0 Å². The molecule has 3 aromatic heterocycles. The first kappa shape index (κ1) is 24.3. The molecule has 0 atom stereocenters. The van der Waals surface area contributed by atoms with Crippen molar-refractivity contribution >= 4 is 15.7 Å². The van der Waals surface area contributed by atoms with Crippen LogP contribution in [-0.4, -0.2) is 28.4 Å². The van der Waals surface area contributed by atoms with Gasteiger partial charge in [-0.25, -0.2) is 27.2 Å². The number of rotatable bonds is 7. The summed E-state index contributed by atoms with van der Waals surface area (Å²) in [5.41, 5.74) is 10.1. The first-order chi connectivity index (χ1) is 16.7. The summed E-state index contributed by atoms with van der Waals surface area (Å²) in [6.45, 7) is 3.85. The van der Waals surface area contributed by atoms with Crippen LogP contribution in [-0.2, 0) is 23.0 Å². The smallest absolute Gasteiger partial charge is 0.264 e. The van der Waals surface area contributed by atoms with E-state index < -0.39 is 26.6 Å². The molecular weight excluding hydrogens is 474 g/mol. The van der Waals surface area contributed by atoms with Crippen LogP contribution in [0.1, 0.15) is 24.0 Å². The molecule has 35 heavy (non-hydrogen) atoms. The molecule has 3 heterocycles. The van der Waals surface area contributed by atoms with Gasteiger partial charge in [0.1, 0.15) is 22.9 Å². The van der Waals surface area contributed by atoms with Crippen LogP contribution in [0.2, 0.25) is 0 Å². The molecule has 4 aromatic rings. The number of hydrogen-bond donors (Lipinski definition) is 2. The average molecular weight is 497 g/mol.